The first-order valence-corrected chi connectivity index (χ1v) is 3.98. The molecule has 0 saturated carbocycles. The van der Waals surface area contributed by atoms with Crippen molar-refractivity contribution in [2.45, 2.75) is 13.3 Å². The number of hydrogen-bond donors (Lipinski definition) is 1. The zero-order chi connectivity index (χ0) is 8.27. The van der Waals surface area contributed by atoms with Crippen LogP contribution in [-0.2, 0) is 6.42 Å². The molecule has 0 bridgehead atoms. The zero-order valence-electron chi connectivity index (χ0n) is 7.43. The van der Waals surface area contributed by atoms with E-state index in [-0.39, 0.29) is 6.15 Å². The van der Waals surface area contributed by atoms with E-state index >= 15 is 0 Å². The van der Waals surface area contributed by atoms with Gasteiger partial charge in [-0.25, -0.2) is 0 Å². The summed E-state index contributed by atoms with van der Waals surface area (Å²) in [5.41, 5.74) is 1.16. The van der Waals surface area contributed by atoms with E-state index in [0.29, 0.717) is 0 Å². The molecule has 3 heteroatoms. The van der Waals surface area contributed by atoms with Crippen molar-refractivity contribution in [3.05, 3.63) is 28.8 Å². The van der Waals surface area contributed by atoms with Crippen molar-refractivity contribution in [2.75, 3.05) is 7.11 Å². The van der Waals surface area contributed by atoms with Crippen molar-refractivity contribution in [3.8, 4) is 5.75 Å². The molecule has 3 N–H and O–H groups in total. The number of hydrogen-bond acceptors (Lipinski definition) is 2. The fraction of sp³-hybridized carbons (Fsp3) is 0.333. The minimum Gasteiger partial charge on any atom is -0.497 e. The Hall–Kier alpha value is -0.730. The van der Waals surface area contributed by atoms with Gasteiger partial charge in [0.1, 0.15) is 5.75 Å². The lowest BCUT2D eigenvalue weighted by Crippen LogP contribution is -1.85. The molecule has 0 unspecified atom stereocenters. The average molecular weight is 188 g/mol. The van der Waals surface area contributed by atoms with Crippen molar-refractivity contribution in [1.29, 1.82) is 0 Å². The molecule has 1 aromatic carbocycles. The molecular formula is C9H14ClNO. The van der Waals surface area contributed by atoms with Gasteiger partial charge in [0.15, 0.2) is 0 Å². The normalized spacial score (nSPS) is 8.92. The molecule has 0 saturated heterocycles. The quantitative estimate of drug-likeness (QED) is 0.774. The SMILES string of the molecule is CCc1ccc(OC)cc1Cl.N. The van der Waals surface area contributed by atoms with E-state index in [4.69, 9.17) is 16.3 Å². The highest BCUT2D eigenvalue weighted by Crippen LogP contribution is 2.22. The molecule has 0 heterocycles. The highest BCUT2D eigenvalue weighted by Gasteiger charge is 1.98. The molecule has 0 aliphatic rings. The lowest BCUT2D eigenvalue weighted by atomic mass is 10.2. The summed E-state index contributed by atoms with van der Waals surface area (Å²) in [7, 11) is 1.64. The van der Waals surface area contributed by atoms with E-state index in [1.807, 2.05) is 18.2 Å². The lowest BCUT2D eigenvalue weighted by Gasteiger charge is -2.03. The van der Waals surface area contributed by atoms with Crippen molar-refractivity contribution in [2.24, 2.45) is 0 Å². The second kappa shape index (κ2) is 5.01. The number of rotatable bonds is 2. The van der Waals surface area contributed by atoms with E-state index < -0.39 is 0 Å². The average Bonchev–Trinajstić information content (AvgIpc) is 2.04. The highest BCUT2D eigenvalue weighted by atomic mass is 35.5. The molecule has 0 aromatic heterocycles. The van der Waals surface area contributed by atoms with Gasteiger partial charge in [0, 0.05) is 5.02 Å². The maximum absolute atomic E-state index is 5.93. The molecule has 0 spiro atoms. The second-order valence-electron chi connectivity index (χ2n) is 2.31. The van der Waals surface area contributed by atoms with Gasteiger partial charge in [0.2, 0.25) is 0 Å². The van der Waals surface area contributed by atoms with Gasteiger partial charge in [-0.05, 0) is 24.1 Å². The molecular weight excluding hydrogens is 174 g/mol. The molecule has 0 atom stereocenters. The minimum atomic E-state index is 0. The number of halogens is 1. The summed E-state index contributed by atoms with van der Waals surface area (Å²) in [6, 6.07) is 5.74. The van der Waals surface area contributed by atoms with Gasteiger partial charge >= 0.3 is 0 Å². The highest BCUT2D eigenvalue weighted by molar-refractivity contribution is 6.31. The first-order valence-electron chi connectivity index (χ1n) is 3.60. The molecule has 0 radical (unpaired) electrons. The number of aryl methyl sites for hydroxylation is 1. The predicted octanol–water partition coefficient (Wildman–Crippen LogP) is 3.07. The van der Waals surface area contributed by atoms with Gasteiger partial charge in [-0.15, -0.1) is 0 Å². The van der Waals surface area contributed by atoms with Gasteiger partial charge in [-0.1, -0.05) is 24.6 Å². The molecule has 0 aliphatic heterocycles. The van der Waals surface area contributed by atoms with E-state index in [1.54, 1.807) is 7.11 Å². The van der Waals surface area contributed by atoms with E-state index in [2.05, 4.69) is 6.92 Å². The Balaban J connectivity index is 0.00000121. The van der Waals surface area contributed by atoms with Crippen molar-refractivity contribution < 1.29 is 4.74 Å². The third-order valence-electron chi connectivity index (χ3n) is 1.64. The molecule has 0 amide bonds. The van der Waals surface area contributed by atoms with Gasteiger partial charge in [-0.2, -0.15) is 0 Å². The van der Waals surface area contributed by atoms with Crippen LogP contribution in [0.2, 0.25) is 5.02 Å². The summed E-state index contributed by atoms with van der Waals surface area (Å²) in [5, 5.41) is 0.784. The smallest absolute Gasteiger partial charge is 0.120 e. The van der Waals surface area contributed by atoms with Crippen LogP contribution in [0.15, 0.2) is 18.2 Å². The van der Waals surface area contributed by atoms with Crippen LogP contribution < -0.4 is 10.9 Å². The Morgan fingerprint density at radius 1 is 1.42 bits per heavy atom. The van der Waals surface area contributed by atoms with Crippen molar-refractivity contribution >= 4 is 11.6 Å². The molecule has 2 nitrogen and oxygen atoms in total. The summed E-state index contributed by atoms with van der Waals surface area (Å²) < 4.78 is 5.01. The molecule has 1 aromatic rings. The van der Waals surface area contributed by atoms with Crippen LogP contribution in [-0.4, -0.2) is 7.11 Å². The summed E-state index contributed by atoms with van der Waals surface area (Å²) in [5.74, 6) is 0.812. The van der Waals surface area contributed by atoms with Crippen LogP contribution >= 0.6 is 11.6 Å². The van der Waals surface area contributed by atoms with Gasteiger partial charge in [0.25, 0.3) is 0 Å². The Bertz CT molecular complexity index is 250. The molecule has 0 fully saturated rings. The first kappa shape index (κ1) is 11.3. The molecule has 0 aliphatic carbocycles. The maximum atomic E-state index is 5.93. The van der Waals surface area contributed by atoms with Gasteiger partial charge < -0.3 is 10.9 Å². The van der Waals surface area contributed by atoms with Crippen LogP contribution in [0.4, 0.5) is 0 Å². The molecule has 12 heavy (non-hydrogen) atoms. The summed E-state index contributed by atoms with van der Waals surface area (Å²) >= 11 is 5.93. The standard InChI is InChI=1S/C9H11ClO.H3N/c1-3-7-4-5-8(11-2)6-9(7)10;/h4-6H,3H2,1-2H3;1H3. The molecule has 1 rings (SSSR count). The number of benzene rings is 1. The fourth-order valence-corrected chi connectivity index (χ4v) is 1.25. The van der Waals surface area contributed by atoms with Crippen LogP contribution in [0, 0.1) is 0 Å². The van der Waals surface area contributed by atoms with Gasteiger partial charge in [-0.3, -0.25) is 0 Å². The van der Waals surface area contributed by atoms with Gasteiger partial charge in [0.05, 0.1) is 7.11 Å². The topological polar surface area (TPSA) is 44.2 Å². The first-order chi connectivity index (χ1) is 5.27. The maximum Gasteiger partial charge on any atom is 0.120 e. The largest absolute Gasteiger partial charge is 0.497 e. The van der Waals surface area contributed by atoms with E-state index in [9.17, 15) is 0 Å². The Kier molecular flexibility index (Phi) is 4.71. The summed E-state index contributed by atoms with van der Waals surface area (Å²) in [6.45, 7) is 2.08. The third kappa shape index (κ3) is 2.40. The third-order valence-corrected chi connectivity index (χ3v) is 1.99. The Morgan fingerprint density at radius 2 is 2.08 bits per heavy atom. The van der Waals surface area contributed by atoms with E-state index in [0.717, 1.165) is 22.8 Å². The Labute approximate surface area is 78.1 Å². The van der Waals surface area contributed by atoms with Crippen molar-refractivity contribution in [3.63, 3.8) is 0 Å². The number of ether oxygens (including phenoxy) is 1. The van der Waals surface area contributed by atoms with E-state index in [1.165, 1.54) is 0 Å². The van der Waals surface area contributed by atoms with Crippen LogP contribution in [0.3, 0.4) is 0 Å². The second-order valence-corrected chi connectivity index (χ2v) is 2.72. The van der Waals surface area contributed by atoms with Crippen molar-refractivity contribution in [1.82, 2.24) is 6.15 Å². The zero-order valence-corrected chi connectivity index (χ0v) is 8.19. The molecule has 68 valence electrons. The summed E-state index contributed by atoms with van der Waals surface area (Å²) in [6.07, 6.45) is 0.961. The number of methoxy groups -OCH3 is 1. The lowest BCUT2D eigenvalue weighted by molar-refractivity contribution is 0.414. The predicted molar refractivity (Wildman–Crippen MR) is 52.4 cm³/mol. The van der Waals surface area contributed by atoms with Crippen LogP contribution in [0.25, 0.3) is 0 Å². The fourth-order valence-electron chi connectivity index (χ4n) is 0.942. The van der Waals surface area contributed by atoms with Crippen LogP contribution in [0.5, 0.6) is 5.75 Å². The summed E-state index contributed by atoms with van der Waals surface area (Å²) in [4.78, 5) is 0. The minimum absolute atomic E-state index is 0. The van der Waals surface area contributed by atoms with Crippen LogP contribution in [0.1, 0.15) is 12.5 Å². The Morgan fingerprint density at radius 3 is 2.50 bits per heavy atom. The monoisotopic (exact) mass is 187 g/mol.